The molecule has 0 saturated carbocycles. The van der Waals surface area contributed by atoms with Crippen LogP contribution in [0.3, 0.4) is 0 Å². The van der Waals surface area contributed by atoms with Gasteiger partial charge in [0.25, 0.3) is 0 Å². The zero-order valence-corrected chi connectivity index (χ0v) is 5.33. The Morgan fingerprint density at radius 1 is 1.60 bits per heavy atom. The minimum atomic E-state index is -0.0627. The maximum Gasteiger partial charge on any atom is 0.141 e. The first kappa shape index (κ1) is 6.80. The second-order valence-corrected chi connectivity index (χ2v) is 1.86. The van der Waals surface area contributed by atoms with E-state index in [1.54, 1.807) is 18.2 Å². The van der Waals surface area contributed by atoms with Gasteiger partial charge in [-0.2, -0.15) is 0 Å². The van der Waals surface area contributed by atoms with E-state index < -0.39 is 0 Å². The molecule has 0 aliphatic carbocycles. The molecule has 2 radical (unpaired) electrons. The Balaban J connectivity index is 3.07. The second-order valence-electron chi connectivity index (χ2n) is 1.86. The number of nitrogen functional groups attached to an aromatic ring is 1. The summed E-state index contributed by atoms with van der Waals surface area (Å²) >= 11 is 0. The van der Waals surface area contributed by atoms with E-state index in [9.17, 15) is 0 Å². The van der Waals surface area contributed by atoms with E-state index in [1.807, 2.05) is 0 Å². The van der Waals surface area contributed by atoms with Gasteiger partial charge in [0, 0.05) is 0 Å². The van der Waals surface area contributed by atoms with Crippen LogP contribution in [0.25, 0.3) is 0 Å². The van der Waals surface area contributed by atoms with Crippen molar-refractivity contribution in [1.29, 1.82) is 5.41 Å². The van der Waals surface area contributed by atoms with Crippen molar-refractivity contribution in [2.24, 2.45) is 5.73 Å². The molecule has 0 amide bonds. The van der Waals surface area contributed by atoms with Crippen molar-refractivity contribution in [3.63, 3.8) is 0 Å². The van der Waals surface area contributed by atoms with Gasteiger partial charge in [0.1, 0.15) is 19.4 Å². The number of pyridine rings is 1. The summed E-state index contributed by atoms with van der Waals surface area (Å²) in [6.45, 7) is 0. The molecule has 0 aromatic carbocycles. The van der Waals surface area contributed by atoms with Gasteiger partial charge in [0.05, 0.1) is 0 Å². The molecule has 1 heterocycles. The molecule has 0 aliphatic rings. The topological polar surface area (TPSA) is 62.8 Å². The molecule has 1 aromatic rings. The molecule has 0 unspecified atom stereocenters. The Morgan fingerprint density at radius 3 is 2.70 bits per heavy atom. The Bertz CT molecular complexity index is 259. The third kappa shape index (κ3) is 1.34. The van der Waals surface area contributed by atoms with Crippen LogP contribution in [0.1, 0.15) is 5.69 Å². The van der Waals surface area contributed by atoms with Crippen LogP contribution in [0, 0.1) is 5.41 Å². The summed E-state index contributed by atoms with van der Waals surface area (Å²) in [4.78, 5) is 3.80. The number of aromatic nitrogens is 1. The first-order valence-electron chi connectivity index (χ1n) is 2.77. The van der Waals surface area contributed by atoms with Crippen LogP contribution in [-0.2, 0) is 0 Å². The highest BCUT2D eigenvalue weighted by Crippen LogP contribution is 1.87. The highest BCUT2D eigenvalue weighted by Gasteiger charge is 1.94. The Morgan fingerprint density at radius 2 is 2.30 bits per heavy atom. The normalized spacial score (nSPS) is 9.20. The summed E-state index contributed by atoms with van der Waals surface area (Å²) in [5, 5.41) is 6.99. The van der Waals surface area contributed by atoms with Gasteiger partial charge in [0.2, 0.25) is 0 Å². The molecular formula is C6H6BN3. The lowest BCUT2D eigenvalue weighted by molar-refractivity contribution is 1.29. The van der Waals surface area contributed by atoms with Crippen molar-refractivity contribution >= 4 is 19.3 Å². The highest BCUT2D eigenvalue weighted by molar-refractivity contribution is 6.30. The Hall–Kier alpha value is -1.32. The second kappa shape index (κ2) is 2.52. The third-order valence-corrected chi connectivity index (χ3v) is 1.05. The van der Waals surface area contributed by atoms with Gasteiger partial charge in [0.15, 0.2) is 0 Å². The van der Waals surface area contributed by atoms with E-state index in [0.29, 0.717) is 11.3 Å². The third-order valence-electron chi connectivity index (χ3n) is 1.05. The number of amidine groups is 1. The lowest BCUT2D eigenvalue weighted by atomic mass is 10.0. The minimum absolute atomic E-state index is 0.0627. The van der Waals surface area contributed by atoms with E-state index in [0.717, 1.165) is 0 Å². The molecule has 1 aromatic heterocycles. The van der Waals surface area contributed by atoms with Gasteiger partial charge in [-0.25, -0.2) is 0 Å². The average molecular weight is 131 g/mol. The maximum absolute atomic E-state index is 6.99. The van der Waals surface area contributed by atoms with E-state index in [4.69, 9.17) is 19.0 Å². The van der Waals surface area contributed by atoms with Crippen molar-refractivity contribution in [2.75, 3.05) is 0 Å². The smallest absolute Gasteiger partial charge is 0.141 e. The molecule has 0 spiro atoms. The van der Waals surface area contributed by atoms with Gasteiger partial charge in [-0.15, -0.1) is 0 Å². The predicted molar refractivity (Wildman–Crippen MR) is 40.6 cm³/mol. The fraction of sp³-hybridized carbons (Fsp3) is 0. The summed E-state index contributed by atoms with van der Waals surface area (Å²) in [7, 11) is 5.33. The Labute approximate surface area is 60.2 Å². The van der Waals surface area contributed by atoms with Gasteiger partial charge in [-0.3, -0.25) is 10.4 Å². The summed E-state index contributed by atoms with van der Waals surface area (Å²) in [6, 6.07) is 4.99. The van der Waals surface area contributed by atoms with Crippen LogP contribution in [0.2, 0.25) is 0 Å². The van der Waals surface area contributed by atoms with E-state index in [1.165, 1.54) is 0 Å². The van der Waals surface area contributed by atoms with Crippen molar-refractivity contribution in [1.82, 2.24) is 4.98 Å². The summed E-state index contributed by atoms with van der Waals surface area (Å²) in [6.07, 6.45) is 0. The molecule has 10 heavy (non-hydrogen) atoms. The summed E-state index contributed by atoms with van der Waals surface area (Å²) in [5.74, 6) is -0.0627. The fourth-order valence-electron chi connectivity index (χ4n) is 0.601. The molecule has 0 saturated heterocycles. The zero-order chi connectivity index (χ0) is 7.56. The quantitative estimate of drug-likeness (QED) is 0.296. The van der Waals surface area contributed by atoms with Crippen molar-refractivity contribution in [3.8, 4) is 0 Å². The molecule has 3 N–H and O–H groups in total. The zero-order valence-electron chi connectivity index (χ0n) is 5.33. The van der Waals surface area contributed by atoms with Crippen molar-refractivity contribution < 1.29 is 0 Å². The molecule has 0 aliphatic heterocycles. The van der Waals surface area contributed by atoms with Crippen LogP contribution < -0.4 is 11.3 Å². The number of nitrogens with two attached hydrogens (primary N) is 1. The van der Waals surface area contributed by atoms with Crippen LogP contribution >= 0.6 is 0 Å². The van der Waals surface area contributed by atoms with Crippen LogP contribution in [0.4, 0.5) is 0 Å². The first-order valence-corrected chi connectivity index (χ1v) is 2.77. The highest BCUT2D eigenvalue weighted by atomic mass is 14.8. The first-order chi connectivity index (χ1) is 4.70. The predicted octanol–water partition coefficient (Wildman–Crippen LogP) is -0.841. The number of hydrogen-bond acceptors (Lipinski definition) is 2. The van der Waals surface area contributed by atoms with E-state index in [2.05, 4.69) is 4.98 Å². The molecule has 0 bridgehead atoms. The molecule has 48 valence electrons. The van der Waals surface area contributed by atoms with Crippen LogP contribution in [0.15, 0.2) is 18.2 Å². The fourth-order valence-corrected chi connectivity index (χ4v) is 0.601. The molecule has 3 nitrogen and oxygen atoms in total. The number of nitrogens with zero attached hydrogens (tertiary/aromatic N) is 1. The van der Waals surface area contributed by atoms with Crippen LogP contribution in [0.5, 0.6) is 0 Å². The average Bonchev–Trinajstić information content (AvgIpc) is 1.88. The lowest BCUT2D eigenvalue weighted by Gasteiger charge is -1.96. The summed E-state index contributed by atoms with van der Waals surface area (Å²) < 4.78 is 0. The van der Waals surface area contributed by atoms with Gasteiger partial charge in [-0.05, 0) is 11.7 Å². The van der Waals surface area contributed by atoms with Gasteiger partial charge < -0.3 is 5.73 Å². The van der Waals surface area contributed by atoms with E-state index >= 15 is 0 Å². The van der Waals surface area contributed by atoms with Crippen molar-refractivity contribution in [3.05, 3.63) is 23.9 Å². The maximum atomic E-state index is 6.99. The van der Waals surface area contributed by atoms with Crippen molar-refractivity contribution in [2.45, 2.75) is 0 Å². The minimum Gasteiger partial charge on any atom is -0.382 e. The molecular weight excluding hydrogens is 125 g/mol. The SMILES string of the molecule is [B]c1cccc(C(=N)N)n1. The lowest BCUT2D eigenvalue weighted by Crippen LogP contribution is -2.18. The monoisotopic (exact) mass is 131 g/mol. The van der Waals surface area contributed by atoms with Gasteiger partial charge >= 0.3 is 0 Å². The molecule has 0 fully saturated rings. The summed E-state index contributed by atoms with van der Waals surface area (Å²) in [5.41, 5.74) is 5.95. The Kier molecular flexibility index (Phi) is 1.71. The molecule has 0 atom stereocenters. The number of hydrogen-bond donors (Lipinski definition) is 2. The van der Waals surface area contributed by atoms with Crippen LogP contribution in [-0.4, -0.2) is 18.7 Å². The standard InChI is InChI=1S/C6H6BN3/c7-5-3-1-2-4(10-5)6(8)9/h1-3H,(H3,8,9). The number of rotatable bonds is 1. The van der Waals surface area contributed by atoms with Gasteiger partial charge in [-0.1, -0.05) is 12.1 Å². The van der Waals surface area contributed by atoms with E-state index in [-0.39, 0.29) is 5.84 Å². The number of nitrogens with one attached hydrogen (secondary N) is 1. The molecule has 4 heteroatoms. The largest absolute Gasteiger partial charge is 0.382 e. The molecule has 1 rings (SSSR count).